The highest BCUT2D eigenvalue weighted by molar-refractivity contribution is 7.17. The zero-order valence-corrected chi connectivity index (χ0v) is 9.91. The molecule has 0 unspecified atom stereocenters. The van der Waals surface area contributed by atoms with Crippen molar-refractivity contribution in [1.82, 2.24) is 5.01 Å². The van der Waals surface area contributed by atoms with E-state index in [1.54, 1.807) is 11.3 Å². The van der Waals surface area contributed by atoms with E-state index < -0.39 is 6.03 Å². The SMILES string of the molecule is NC(=O)N1CCC(c2csc3ccccc23)=N1. The fourth-order valence-electron chi connectivity index (χ4n) is 2.01. The first kappa shape index (κ1) is 10.3. The number of nitrogens with two attached hydrogens (primary N) is 1. The summed E-state index contributed by atoms with van der Waals surface area (Å²) >= 11 is 1.69. The van der Waals surface area contributed by atoms with Gasteiger partial charge in [0.05, 0.1) is 12.3 Å². The van der Waals surface area contributed by atoms with Gasteiger partial charge in [-0.1, -0.05) is 18.2 Å². The van der Waals surface area contributed by atoms with Crippen molar-refractivity contribution >= 4 is 33.2 Å². The minimum absolute atomic E-state index is 0.487. The number of hydrogen-bond acceptors (Lipinski definition) is 3. The maximum atomic E-state index is 11.0. The van der Waals surface area contributed by atoms with Gasteiger partial charge in [0.1, 0.15) is 0 Å². The second kappa shape index (κ2) is 3.85. The van der Waals surface area contributed by atoms with Crippen LogP contribution in [0.2, 0.25) is 0 Å². The van der Waals surface area contributed by atoms with Gasteiger partial charge in [0, 0.05) is 27.5 Å². The van der Waals surface area contributed by atoms with E-state index in [1.807, 2.05) is 12.1 Å². The molecule has 5 heteroatoms. The van der Waals surface area contributed by atoms with Gasteiger partial charge in [-0.25, -0.2) is 9.80 Å². The molecule has 1 aliphatic heterocycles. The summed E-state index contributed by atoms with van der Waals surface area (Å²) in [5, 5.41) is 8.87. The Morgan fingerprint density at radius 3 is 3.00 bits per heavy atom. The van der Waals surface area contributed by atoms with Crippen molar-refractivity contribution in [2.75, 3.05) is 6.54 Å². The Bertz CT molecular complexity index is 617. The Kier molecular flexibility index (Phi) is 2.33. The number of rotatable bonds is 1. The van der Waals surface area contributed by atoms with Crippen molar-refractivity contribution in [1.29, 1.82) is 0 Å². The second-order valence-corrected chi connectivity index (χ2v) is 4.81. The van der Waals surface area contributed by atoms with E-state index in [0.29, 0.717) is 6.54 Å². The Labute approximate surface area is 102 Å². The molecule has 0 fully saturated rings. The summed E-state index contributed by atoms with van der Waals surface area (Å²) in [6.45, 7) is 0.578. The lowest BCUT2D eigenvalue weighted by Gasteiger charge is -2.04. The number of benzene rings is 1. The first-order valence-electron chi connectivity index (χ1n) is 5.37. The van der Waals surface area contributed by atoms with Gasteiger partial charge in [-0.2, -0.15) is 5.10 Å². The number of urea groups is 1. The highest BCUT2D eigenvalue weighted by Crippen LogP contribution is 2.28. The average molecular weight is 245 g/mol. The summed E-state index contributed by atoms with van der Waals surface area (Å²) in [7, 11) is 0. The molecule has 4 nitrogen and oxygen atoms in total. The molecule has 2 aromatic rings. The topological polar surface area (TPSA) is 58.7 Å². The molecule has 86 valence electrons. The fraction of sp³-hybridized carbons (Fsp3) is 0.167. The molecule has 0 aliphatic carbocycles. The minimum Gasteiger partial charge on any atom is -0.350 e. The number of amides is 2. The van der Waals surface area contributed by atoms with E-state index in [4.69, 9.17) is 5.73 Å². The molecule has 0 spiro atoms. The van der Waals surface area contributed by atoms with Crippen LogP contribution < -0.4 is 5.73 Å². The third-order valence-electron chi connectivity index (χ3n) is 2.85. The van der Waals surface area contributed by atoms with Crippen molar-refractivity contribution in [2.24, 2.45) is 10.8 Å². The maximum Gasteiger partial charge on any atom is 0.335 e. The quantitative estimate of drug-likeness (QED) is 0.824. The minimum atomic E-state index is -0.487. The van der Waals surface area contributed by atoms with Crippen molar-refractivity contribution < 1.29 is 4.79 Å². The predicted molar refractivity (Wildman–Crippen MR) is 69.3 cm³/mol. The van der Waals surface area contributed by atoms with Gasteiger partial charge in [0.2, 0.25) is 0 Å². The van der Waals surface area contributed by atoms with Gasteiger partial charge < -0.3 is 5.73 Å². The number of carbonyl (C=O) groups excluding carboxylic acids is 1. The first-order valence-corrected chi connectivity index (χ1v) is 6.25. The second-order valence-electron chi connectivity index (χ2n) is 3.90. The molecule has 17 heavy (non-hydrogen) atoms. The molecule has 3 rings (SSSR count). The van der Waals surface area contributed by atoms with Crippen molar-refractivity contribution in [3.8, 4) is 0 Å². The molecule has 0 radical (unpaired) electrons. The van der Waals surface area contributed by atoms with Crippen LogP contribution in [0.1, 0.15) is 12.0 Å². The number of nitrogens with zero attached hydrogens (tertiary/aromatic N) is 2. The summed E-state index contributed by atoms with van der Waals surface area (Å²) in [4.78, 5) is 11.0. The third kappa shape index (κ3) is 1.68. The molecule has 2 N–H and O–H groups in total. The van der Waals surface area contributed by atoms with E-state index in [2.05, 4.69) is 22.6 Å². The van der Waals surface area contributed by atoms with Crippen molar-refractivity contribution in [2.45, 2.75) is 6.42 Å². The molecule has 1 aromatic heterocycles. The Morgan fingerprint density at radius 2 is 2.24 bits per heavy atom. The van der Waals surface area contributed by atoms with Crippen LogP contribution in [0, 0.1) is 0 Å². The Hall–Kier alpha value is -1.88. The largest absolute Gasteiger partial charge is 0.350 e. The molecule has 0 atom stereocenters. The van der Waals surface area contributed by atoms with Gasteiger partial charge in [-0.3, -0.25) is 0 Å². The standard InChI is InChI=1S/C12H11N3OS/c13-12(16)15-6-5-10(14-15)9-7-17-11-4-2-1-3-8(9)11/h1-4,7H,5-6H2,(H2,13,16). The summed E-state index contributed by atoms with van der Waals surface area (Å²) in [6, 6.07) is 7.72. The normalized spacial score (nSPS) is 15.3. The molecule has 0 bridgehead atoms. The van der Waals surface area contributed by atoms with Crippen LogP contribution in [0.15, 0.2) is 34.7 Å². The van der Waals surface area contributed by atoms with E-state index in [1.165, 1.54) is 15.1 Å². The summed E-state index contributed by atoms with van der Waals surface area (Å²) in [5.41, 5.74) is 7.27. The monoisotopic (exact) mass is 245 g/mol. The van der Waals surface area contributed by atoms with Crippen LogP contribution in [0.4, 0.5) is 4.79 Å². The Balaban J connectivity index is 2.05. The molecular weight excluding hydrogens is 234 g/mol. The van der Waals surface area contributed by atoms with E-state index in [9.17, 15) is 4.79 Å². The van der Waals surface area contributed by atoms with E-state index in [0.717, 1.165) is 17.7 Å². The van der Waals surface area contributed by atoms with Gasteiger partial charge in [0.15, 0.2) is 0 Å². The molecule has 2 amide bonds. The Morgan fingerprint density at radius 1 is 1.41 bits per heavy atom. The van der Waals surface area contributed by atoms with Gasteiger partial charge in [0.25, 0.3) is 0 Å². The number of hydrazone groups is 1. The van der Waals surface area contributed by atoms with Crippen molar-refractivity contribution in [3.05, 3.63) is 35.2 Å². The molecular formula is C12H11N3OS. The average Bonchev–Trinajstić information content (AvgIpc) is 2.95. The highest BCUT2D eigenvalue weighted by Gasteiger charge is 2.21. The van der Waals surface area contributed by atoms with Crippen LogP contribution in [0.3, 0.4) is 0 Å². The third-order valence-corrected chi connectivity index (χ3v) is 3.81. The van der Waals surface area contributed by atoms with Crippen LogP contribution >= 0.6 is 11.3 Å². The van der Waals surface area contributed by atoms with Crippen LogP contribution in [-0.4, -0.2) is 23.3 Å². The van der Waals surface area contributed by atoms with Gasteiger partial charge in [-0.15, -0.1) is 11.3 Å². The lowest BCUT2D eigenvalue weighted by Crippen LogP contribution is -2.29. The summed E-state index contributed by atoms with van der Waals surface area (Å²) in [5.74, 6) is 0. The first-order chi connectivity index (χ1) is 8.25. The molecule has 2 heterocycles. The number of thiophene rings is 1. The lowest BCUT2D eigenvalue weighted by molar-refractivity contribution is 0.215. The molecule has 1 aliphatic rings. The lowest BCUT2D eigenvalue weighted by atomic mass is 10.1. The number of hydrogen-bond donors (Lipinski definition) is 1. The summed E-state index contributed by atoms with van der Waals surface area (Å²) in [6.07, 6.45) is 0.768. The highest BCUT2D eigenvalue weighted by atomic mass is 32.1. The fourth-order valence-corrected chi connectivity index (χ4v) is 2.98. The number of fused-ring (bicyclic) bond motifs is 1. The smallest absolute Gasteiger partial charge is 0.335 e. The van der Waals surface area contributed by atoms with Crippen LogP contribution in [-0.2, 0) is 0 Å². The number of carbonyl (C=O) groups is 1. The van der Waals surface area contributed by atoms with E-state index >= 15 is 0 Å². The van der Waals surface area contributed by atoms with Crippen LogP contribution in [0.5, 0.6) is 0 Å². The summed E-state index contributed by atoms with van der Waals surface area (Å²) < 4.78 is 1.24. The molecule has 1 aromatic carbocycles. The zero-order chi connectivity index (χ0) is 11.8. The number of primary amides is 1. The predicted octanol–water partition coefficient (Wildman–Crippen LogP) is 2.39. The van der Waals surface area contributed by atoms with Gasteiger partial charge in [-0.05, 0) is 6.07 Å². The zero-order valence-electron chi connectivity index (χ0n) is 9.09. The molecule has 0 saturated heterocycles. The van der Waals surface area contributed by atoms with E-state index in [-0.39, 0.29) is 0 Å². The molecule has 0 saturated carbocycles. The van der Waals surface area contributed by atoms with Crippen LogP contribution in [0.25, 0.3) is 10.1 Å². The van der Waals surface area contributed by atoms with Gasteiger partial charge >= 0.3 is 6.03 Å². The maximum absolute atomic E-state index is 11.0. The van der Waals surface area contributed by atoms with Crippen molar-refractivity contribution in [3.63, 3.8) is 0 Å².